The summed E-state index contributed by atoms with van der Waals surface area (Å²) in [4.78, 5) is 49.2. The summed E-state index contributed by atoms with van der Waals surface area (Å²) in [7, 11) is -4.48. The number of carbonyl (C=O) groups is 2. The lowest BCUT2D eigenvalue weighted by Gasteiger charge is -2.23. The molecule has 204 valence electrons. The van der Waals surface area contributed by atoms with E-state index in [1.165, 1.54) is 6.20 Å². The molecule has 0 amide bonds. The first-order chi connectivity index (χ1) is 16.5. The second-order valence-corrected chi connectivity index (χ2v) is 11.7. The number of H-pyrrole nitrogens is 1. The zero-order valence-corrected chi connectivity index (χ0v) is 21.9. The summed E-state index contributed by atoms with van der Waals surface area (Å²) in [6, 6.07) is 1.12. The number of rotatable bonds is 10. The average molecular weight is 536 g/mol. The van der Waals surface area contributed by atoms with Crippen molar-refractivity contribution in [3.05, 3.63) is 33.1 Å². The molecule has 1 aliphatic rings. The van der Waals surface area contributed by atoms with Gasteiger partial charge in [0.15, 0.2) is 0 Å². The van der Waals surface area contributed by atoms with Crippen molar-refractivity contribution in [1.82, 2.24) is 9.55 Å². The van der Waals surface area contributed by atoms with E-state index >= 15 is 0 Å². The topological polar surface area (TPSA) is 182 Å². The van der Waals surface area contributed by atoms with E-state index in [2.05, 4.69) is 4.98 Å². The Bertz CT molecular complexity index is 1050. The quantitative estimate of drug-likeness (QED) is 0.250. The first-order valence-electron chi connectivity index (χ1n) is 11.0. The number of phosphoric acid groups is 1. The number of aliphatic hydroxyl groups is 1. The predicted octanol–water partition coefficient (Wildman–Crippen LogP) is 1.44. The van der Waals surface area contributed by atoms with Gasteiger partial charge in [-0.05, 0) is 41.5 Å². The Hall–Kier alpha value is -2.35. The maximum absolute atomic E-state index is 13.1. The number of phosphoric ester groups is 1. The highest BCUT2D eigenvalue weighted by atomic mass is 31.2. The first-order valence-corrected chi connectivity index (χ1v) is 12.5. The minimum absolute atomic E-state index is 0.0294. The van der Waals surface area contributed by atoms with Crippen LogP contribution in [0.1, 0.15) is 54.2 Å². The Kier molecular flexibility index (Phi) is 9.79. The van der Waals surface area contributed by atoms with Gasteiger partial charge in [-0.3, -0.25) is 28.5 Å². The van der Waals surface area contributed by atoms with Crippen LogP contribution in [0.25, 0.3) is 0 Å². The van der Waals surface area contributed by atoms with Gasteiger partial charge in [0.1, 0.15) is 12.3 Å². The molecule has 1 aromatic rings. The second-order valence-electron chi connectivity index (χ2n) is 10.1. The van der Waals surface area contributed by atoms with Crippen LogP contribution in [0.5, 0.6) is 0 Å². The summed E-state index contributed by atoms with van der Waals surface area (Å²) < 4.78 is 45.0. The van der Waals surface area contributed by atoms with Crippen molar-refractivity contribution in [2.45, 2.75) is 66.4 Å². The van der Waals surface area contributed by atoms with Gasteiger partial charge in [0.2, 0.25) is 13.6 Å². The minimum Gasteiger partial charge on any atom is -0.437 e. The predicted molar refractivity (Wildman–Crippen MR) is 122 cm³/mol. The number of hydrogen-bond acceptors (Lipinski definition) is 12. The number of nitrogens with zero attached hydrogens (tertiary/aromatic N) is 1. The van der Waals surface area contributed by atoms with Crippen LogP contribution in [0.3, 0.4) is 0 Å². The van der Waals surface area contributed by atoms with Crippen LogP contribution in [0.4, 0.5) is 0 Å². The molecular weight excluding hydrogens is 503 g/mol. The molecule has 0 saturated carbocycles. The van der Waals surface area contributed by atoms with E-state index in [0.717, 1.165) is 10.6 Å². The molecule has 1 saturated heterocycles. The SMILES string of the molecule is CC(C)(C)C(=O)OCOP(=O)(OCOC(=O)C(C)(C)C)OC[C@H]1O[C@@H](n2ccc(=O)[nH]c2=O)C[C@@H]1O. The fourth-order valence-electron chi connectivity index (χ4n) is 2.69. The molecule has 0 bridgehead atoms. The Labute approximate surface area is 207 Å². The van der Waals surface area contributed by atoms with Gasteiger partial charge in [0.25, 0.3) is 5.56 Å². The minimum atomic E-state index is -4.48. The van der Waals surface area contributed by atoms with E-state index in [-0.39, 0.29) is 6.42 Å². The molecule has 15 heteroatoms. The average Bonchev–Trinajstić information content (AvgIpc) is 3.11. The summed E-state index contributed by atoms with van der Waals surface area (Å²) >= 11 is 0. The van der Waals surface area contributed by atoms with E-state index in [0.29, 0.717) is 0 Å². The van der Waals surface area contributed by atoms with Gasteiger partial charge in [-0.25, -0.2) is 18.4 Å². The normalized spacial score (nSPS) is 20.8. The third-order valence-corrected chi connectivity index (χ3v) is 6.10. The maximum atomic E-state index is 13.1. The van der Waals surface area contributed by atoms with Crippen molar-refractivity contribution in [2.24, 2.45) is 10.8 Å². The standard InChI is InChI=1S/C21H33N2O12P/c1-20(2,3)17(26)30-11-33-36(29,34-12-31-18(27)21(4,5)6)32-10-14-13(24)9-16(35-14)23-8-7-15(25)22-19(23)28/h7-8,13-14,16,24H,9-12H2,1-6H3,(H,22,25,28)/t13-,14+,16+/m0/s1. The Balaban J connectivity index is 2.04. The lowest BCUT2D eigenvalue weighted by Crippen LogP contribution is -2.31. The number of aromatic nitrogens is 2. The fourth-order valence-corrected chi connectivity index (χ4v) is 3.61. The summed E-state index contributed by atoms with van der Waals surface area (Å²) in [5, 5.41) is 10.3. The smallest absolute Gasteiger partial charge is 0.437 e. The van der Waals surface area contributed by atoms with Gasteiger partial charge < -0.3 is 19.3 Å². The first kappa shape index (κ1) is 29.9. The molecule has 1 fully saturated rings. The molecule has 2 rings (SSSR count). The molecular formula is C21H33N2O12P. The molecule has 0 spiro atoms. The Morgan fingerprint density at radius 3 is 2.06 bits per heavy atom. The molecule has 0 aromatic carbocycles. The summed E-state index contributed by atoms with van der Waals surface area (Å²) in [6.45, 7) is 7.55. The fraction of sp³-hybridized carbons (Fsp3) is 0.714. The lowest BCUT2D eigenvalue weighted by molar-refractivity contribution is -0.163. The maximum Gasteiger partial charge on any atom is 0.480 e. The van der Waals surface area contributed by atoms with Crippen molar-refractivity contribution >= 4 is 19.8 Å². The number of carbonyl (C=O) groups excluding carboxylic acids is 2. The third-order valence-electron chi connectivity index (χ3n) is 4.79. The summed E-state index contributed by atoms with van der Waals surface area (Å²) in [6.07, 6.45) is -1.95. The number of ether oxygens (including phenoxy) is 3. The summed E-state index contributed by atoms with van der Waals surface area (Å²) in [5.41, 5.74) is -3.04. The van der Waals surface area contributed by atoms with Crippen LogP contribution in [-0.4, -0.2) is 59.0 Å². The van der Waals surface area contributed by atoms with E-state index in [4.69, 9.17) is 27.8 Å². The summed E-state index contributed by atoms with van der Waals surface area (Å²) in [5.74, 6) is -1.28. The van der Waals surface area contributed by atoms with Crippen LogP contribution in [0.15, 0.2) is 21.9 Å². The van der Waals surface area contributed by atoms with E-state index in [9.17, 15) is 28.8 Å². The van der Waals surface area contributed by atoms with E-state index in [1.807, 2.05) is 0 Å². The molecule has 36 heavy (non-hydrogen) atoms. The van der Waals surface area contributed by atoms with Crippen molar-refractivity contribution < 1.29 is 47.0 Å². The van der Waals surface area contributed by atoms with Crippen LogP contribution in [0.2, 0.25) is 0 Å². The zero-order valence-electron chi connectivity index (χ0n) is 21.0. The zero-order chi connectivity index (χ0) is 27.3. The van der Waals surface area contributed by atoms with Gasteiger partial charge in [0.05, 0.1) is 23.5 Å². The van der Waals surface area contributed by atoms with Crippen molar-refractivity contribution in [1.29, 1.82) is 0 Å². The van der Waals surface area contributed by atoms with Crippen molar-refractivity contribution in [3.8, 4) is 0 Å². The van der Waals surface area contributed by atoms with Crippen LogP contribution >= 0.6 is 7.82 Å². The highest BCUT2D eigenvalue weighted by Gasteiger charge is 2.39. The molecule has 1 aliphatic heterocycles. The molecule has 3 atom stereocenters. The molecule has 2 heterocycles. The van der Waals surface area contributed by atoms with Crippen LogP contribution in [0, 0.1) is 10.8 Å². The van der Waals surface area contributed by atoms with Gasteiger partial charge in [-0.2, -0.15) is 0 Å². The Morgan fingerprint density at radius 1 is 1.06 bits per heavy atom. The van der Waals surface area contributed by atoms with E-state index in [1.54, 1.807) is 41.5 Å². The lowest BCUT2D eigenvalue weighted by atomic mass is 9.98. The van der Waals surface area contributed by atoms with Gasteiger partial charge in [0, 0.05) is 18.7 Å². The van der Waals surface area contributed by atoms with Crippen molar-refractivity contribution in [2.75, 3.05) is 20.2 Å². The largest absolute Gasteiger partial charge is 0.480 e. The number of aromatic amines is 1. The van der Waals surface area contributed by atoms with Gasteiger partial charge in [-0.1, -0.05) is 0 Å². The number of esters is 2. The van der Waals surface area contributed by atoms with Crippen LogP contribution in [-0.2, 0) is 41.9 Å². The molecule has 1 aromatic heterocycles. The highest BCUT2D eigenvalue weighted by molar-refractivity contribution is 7.48. The van der Waals surface area contributed by atoms with E-state index < -0.39 is 80.5 Å². The molecule has 0 aliphatic carbocycles. The van der Waals surface area contributed by atoms with Crippen LogP contribution < -0.4 is 11.2 Å². The Morgan fingerprint density at radius 2 is 1.58 bits per heavy atom. The second kappa shape index (κ2) is 11.8. The molecule has 0 radical (unpaired) electrons. The molecule has 2 N–H and O–H groups in total. The number of nitrogens with one attached hydrogen (secondary N) is 1. The monoisotopic (exact) mass is 536 g/mol. The third kappa shape index (κ3) is 8.64. The number of hydrogen-bond donors (Lipinski definition) is 2. The van der Waals surface area contributed by atoms with Gasteiger partial charge in [-0.15, -0.1) is 0 Å². The molecule has 14 nitrogen and oxygen atoms in total. The highest BCUT2D eigenvalue weighted by Crippen LogP contribution is 2.50. The van der Waals surface area contributed by atoms with Crippen molar-refractivity contribution in [3.63, 3.8) is 0 Å². The van der Waals surface area contributed by atoms with Gasteiger partial charge >= 0.3 is 25.5 Å². The molecule has 0 unspecified atom stereocenters. The number of aliphatic hydroxyl groups excluding tert-OH is 1.